The summed E-state index contributed by atoms with van der Waals surface area (Å²) in [5.41, 5.74) is 5.92. The fraction of sp³-hybridized carbons (Fsp3) is 0.556. The molecule has 78 valence electrons. The molecule has 2 N–H and O–H groups in total. The Morgan fingerprint density at radius 3 is 2.79 bits per heavy atom. The topological polar surface area (TPSA) is 65.2 Å². The van der Waals surface area contributed by atoms with Gasteiger partial charge in [0.25, 0.3) is 0 Å². The molecule has 0 bridgehead atoms. The van der Waals surface area contributed by atoms with Gasteiger partial charge in [-0.3, -0.25) is 0 Å². The van der Waals surface area contributed by atoms with Gasteiger partial charge in [-0.05, 0) is 12.8 Å². The number of thiazole rings is 1. The molecule has 1 heterocycles. The van der Waals surface area contributed by atoms with Gasteiger partial charge in [-0.25, -0.2) is 9.78 Å². The number of nitrogens with two attached hydrogens (primary N) is 1. The minimum absolute atomic E-state index is 0.240. The lowest BCUT2D eigenvalue weighted by Crippen LogP contribution is -2.08. The molecule has 5 heteroatoms. The van der Waals surface area contributed by atoms with Crippen LogP contribution in [0.15, 0.2) is 0 Å². The van der Waals surface area contributed by atoms with Crippen LogP contribution in [-0.4, -0.2) is 17.6 Å². The van der Waals surface area contributed by atoms with Crippen LogP contribution in [0.25, 0.3) is 0 Å². The molecule has 0 aromatic carbocycles. The lowest BCUT2D eigenvalue weighted by Gasteiger charge is -2.03. The van der Waals surface area contributed by atoms with Gasteiger partial charge in [-0.15, -0.1) is 11.3 Å². The maximum atomic E-state index is 11.4. The molecule has 0 spiro atoms. The zero-order chi connectivity index (χ0) is 10.7. The van der Waals surface area contributed by atoms with Crippen molar-refractivity contribution < 1.29 is 9.53 Å². The highest BCUT2D eigenvalue weighted by Crippen LogP contribution is 2.28. The molecule has 0 fully saturated rings. The van der Waals surface area contributed by atoms with E-state index in [-0.39, 0.29) is 11.9 Å². The van der Waals surface area contributed by atoms with Crippen LogP contribution in [0.2, 0.25) is 0 Å². The molecule has 0 aliphatic carbocycles. The average Bonchev–Trinajstić information content (AvgIpc) is 2.48. The molecule has 0 radical (unpaired) electrons. The summed E-state index contributed by atoms with van der Waals surface area (Å²) in [6, 6.07) is 0. The number of hydrogen-bond donors (Lipinski definition) is 1. The van der Waals surface area contributed by atoms with Gasteiger partial charge < -0.3 is 10.5 Å². The van der Waals surface area contributed by atoms with E-state index in [9.17, 15) is 4.79 Å². The highest BCUT2D eigenvalue weighted by Gasteiger charge is 2.20. The summed E-state index contributed by atoms with van der Waals surface area (Å²) in [7, 11) is 0. The third-order valence-electron chi connectivity index (χ3n) is 1.66. The number of nitrogens with zero attached hydrogens (tertiary/aromatic N) is 1. The van der Waals surface area contributed by atoms with Gasteiger partial charge in [0.2, 0.25) is 0 Å². The van der Waals surface area contributed by atoms with E-state index in [1.54, 1.807) is 6.92 Å². The van der Waals surface area contributed by atoms with Gasteiger partial charge in [0.1, 0.15) is 0 Å². The van der Waals surface area contributed by atoms with Gasteiger partial charge in [0.05, 0.1) is 6.61 Å². The van der Waals surface area contributed by atoms with E-state index < -0.39 is 0 Å². The molecule has 14 heavy (non-hydrogen) atoms. The van der Waals surface area contributed by atoms with Crippen LogP contribution in [0.1, 0.15) is 42.1 Å². The Kier molecular flexibility index (Phi) is 3.46. The number of hydrogen-bond acceptors (Lipinski definition) is 5. The minimum atomic E-state index is -0.385. The van der Waals surface area contributed by atoms with E-state index in [4.69, 9.17) is 10.5 Å². The largest absolute Gasteiger partial charge is 0.461 e. The zero-order valence-corrected chi connectivity index (χ0v) is 9.35. The number of esters is 1. The van der Waals surface area contributed by atoms with Gasteiger partial charge in [-0.2, -0.15) is 0 Å². The maximum Gasteiger partial charge on any atom is 0.358 e. The standard InChI is InChI=1S/C9H14N2O2S/c1-4-13-8(12)6-7(5(2)3)14-9(10)11-6/h5H,4H2,1-3H3,(H2,10,11). The van der Waals surface area contributed by atoms with E-state index in [0.29, 0.717) is 17.4 Å². The van der Waals surface area contributed by atoms with E-state index in [1.807, 2.05) is 13.8 Å². The first-order valence-electron chi connectivity index (χ1n) is 4.49. The first kappa shape index (κ1) is 11.0. The van der Waals surface area contributed by atoms with Gasteiger partial charge in [0.15, 0.2) is 10.8 Å². The quantitative estimate of drug-likeness (QED) is 0.782. The van der Waals surface area contributed by atoms with Gasteiger partial charge in [-0.1, -0.05) is 13.8 Å². The second-order valence-electron chi connectivity index (χ2n) is 3.14. The van der Waals surface area contributed by atoms with Crippen molar-refractivity contribution in [1.29, 1.82) is 0 Å². The van der Waals surface area contributed by atoms with Crippen LogP contribution >= 0.6 is 11.3 Å². The summed E-state index contributed by atoms with van der Waals surface area (Å²) < 4.78 is 4.88. The van der Waals surface area contributed by atoms with E-state index in [2.05, 4.69) is 4.98 Å². The molecule has 1 rings (SSSR count). The highest BCUT2D eigenvalue weighted by molar-refractivity contribution is 7.15. The molecular weight excluding hydrogens is 200 g/mol. The fourth-order valence-electron chi connectivity index (χ4n) is 1.09. The summed E-state index contributed by atoms with van der Waals surface area (Å²) in [5.74, 6) is -0.145. The van der Waals surface area contributed by atoms with Crippen LogP contribution in [-0.2, 0) is 4.74 Å². The Morgan fingerprint density at radius 2 is 2.29 bits per heavy atom. The molecule has 1 aromatic heterocycles. The van der Waals surface area contributed by atoms with Crippen molar-refractivity contribution in [3.05, 3.63) is 10.6 Å². The van der Waals surface area contributed by atoms with Crippen LogP contribution in [0.3, 0.4) is 0 Å². The lowest BCUT2D eigenvalue weighted by molar-refractivity contribution is 0.0519. The second kappa shape index (κ2) is 4.41. The number of ether oxygens (including phenoxy) is 1. The van der Waals surface area contributed by atoms with Gasteiger partial charge >= 0.3 is 5.97 Å². The summed E-state index contributed by atoms with van der Waals surface area (Å²) in [4.78, 5) is 16.3. The van der Waals surface area contributed by atoms with Crippen LogP contribution < -0.4 is 5.73 Å². The van der Waals surface area contributed by atoms with E-state index in [0.717, 1.165) is 4.88 Å². The Hall–Kier alpha value is -1.10. The molecule has 0 saturated heterocycles. The summed E-state index contributed by atoms with van der Waals surface area (Å²) >= 11 is 1.34. The Morgan fingerprint density at radius 1 is 1.64 bits per heavy atom. The molecule has 0 aliphatic heterocycles. The normalized spacial score (nSPS) is 10.6. The Bertz CT molecular complexity index is 334. The third kappa shape index (κ3) is 2.23. The van der Waals surface area contributed by atoms with Crippen molar-refractivity contribution in [3.8, 4) is 0 Å². The number of rotatable bonds is 3. The highest BCUT2D eigenvalue weighted by atomic mass is 32.1. The number of carbonyl (C=O) groups is 1. The third-order valence-corrected chi connectivity index (χ3v) is 2.85. The molecular formula is C9H14N2O2S. The molecule has 0 aliphatic rings. The number of aromatic nitrogens is 1. The molecule has 0 unspecified atom stereocenters. The van der Waals surface area contributed by atoms with E-state index in [1.165, 1.54) is 11.3 Å². The summed E-state index contributed by atoms with van der Waals surface area (Å²) in [6.07, 6.45) is 0. The van der Waals surface area contributed by atoms with Crippen LogP contribution in [0, 0.1) is 0 Å². The van der Waals surface area contributed by atoms with Crippen molar-refractivity contribution in [2.24, 2.45) is 0 Å². The maximum absolute atomic E-state index is 11.4. The monoisotopic (exact) mass is 214 g/mol. The van der Waals surface area contributed by atoms with Crippen molar-refractivity contribution in [2.75, 3.05) is 12.3 Å². The smallest absolute Gasteiger partial charge is 0.358 e. The Labute approximate surface area is 87.1 Å². The predicted molar refractivity (Wildman–Crippen MR) is 56.6 cm³/mol. The second-order valence-corrected chi connectivity index (χ2v) is 4.20. The lowest BCUT2D eigenvalue weighted by atomic mass is 10.1. The van der Waals surface area contributed by atoms with Crippen molar-refractivity contribution >= 4 is 22.4 Å². The first-order chi connectivity index (χ1) is 6.56. The summed E-state index contributed by atoms with van der Waals surface area (Å²) in [5, 5.41) is 0.414. The molecule has 0 amide bonds. The Balaban J connectivity index is 3.00. The number of anilines is 1. The number of nitrogen functional groups attached to an aromatic ring is 1. The predicted octanol–water partition coefficient (Wildman–Crippen LogP) is 2.03. The van der Waals surface area contributed by atoms with Crippen molar-refractivity contribution in [2.45, 2.75) is 26.7 Å². The molecule has 4 nitrogen and oxygen atoms in total. The zero-order valence-electron chi connectivity index (χ0n) is 8.53. The molecule has 1 aromatic rings. The number of carbonyl (C=O) groups excluding carboxylic acids is 1. The summed E-state index contributed by atoms with van der Waals surface area (Å²) in [6.45, 7) is 6.11. The van der Waals surface area contributed by atoms with Crippen LogP contribution in [0.5, 0.6) is 0 Å². The van der Waals surface area contributed by atoms with Crippen molar-refractivity contribution in [3.63, 3.8) is 0 Å². The SMILES string of the molecule is CCOC(=O)c1nc(N)sc1C(C)C. The molecule has 0 saturated carbocycles. The molecule has 0 atom stereocenters. The average molecular weight is 214 g/mol. The van der Waals surface area contributed by atoms with Crippen LogP contribution in [0.4, 0.5) is 5.13 Å². The fourth-order valence-corrected chi connectivity index (χ4v) is 1.91. The van der Waals surface area contributed by atoms with Gasteiger partial charge in [0, 0.05) is 4.88 Å². The van der Waals surface area contributed by atoms with Crippen molar-refractivity contribution in [1.82, 2.24) is 4.98 Å². The van der Waals surface area contributed by atoms with E-state index >= 15 is 0 Å². The first-order valence-corrected chi connectivity index (χ1v) is 5.31. The minimum Gasteiger partial charge on any atom is -0.461 e.